The normalized spacial score (nSPS) is 11.7. The van der Waals surface area contributed by atoms with Gasteiger partial charge in [0.25, 0.3) is 0 Å². The highest BCUT2D eigenvalue weighted by Gasteiger charge is 2.26. The maximum Gasteiger partial charge on any atom is 0.164 e. The molecule has 4 aromatic heterocycles. The van der Waals surface area contributed by atoms with Gasteiger partial charge in [-0.1, -0.05) is 237 Å². The summed E-state index contributed by atoms with van der Waals surface area (Å²) >= 11 is 1.92. The van der Waals surface area contributed by atoms with Gasteiger partial charge >= 0.3 is 0 Å². The fourth-order valence-electron chi connectivity index (χ4n) is 12.2. The second-order valence-corrected chi connectivity index (χ2v) is 21.7. The average molecular weight is 1050 g/mol. The molecule has 0 aliphatic carbocycles. The third-order valence-corrected chi connectivity index (χ3v) is 17.2. The van der Waals surface area contributed by atoms with Crippen LogP contribution in [-0.4, -0.2) is 24.1 Å². The van der Waals surface area contributed by atoms with Gasteiger partial charge in [0.15, 0.2) is 17.5 Å². The van der Waals surface area contributed by atoms with Gasteiger partial charge in [-0.25, -0.2) is 15.0 Å². The quantitative estimate of drug-likeness (QED) is 0.145. The number of fused-ring (bicyclic) bond motifs is 11. The molecule has 378 valence electrons. The fourth-order valence-corrected chi connectivity index (χ4v) is 13.6. The van der Waals surface area contributed by atoms with Crippen LogP contribution in [-0.2, 0) is 0 Å². The van der Waals surface area contributed by atoms with Crippen molar-refractivity contribution in [3.8, 4) is 90.0 Å². The molecule has 0 aliphatic heterocycles. The Bertz CT molecular complexity index is 4890. The highest BCUT2D eigenvalue weighted by molar-refractivity contribution is 7.27. The van der Waals surface area contributed by atoms with Crippen LogP contribution in [0.2, 0.25) is 0 Å². The molecule has 0 fully saturated rings. The first-order chi connectivity index (χ1) is 40.2. The maximum atomic E-state index is 5.35. The Morgan fingerprint density at radius 1 is 0.247 bits per heavy atom. The molecular weight excluding hydrogens is 1000 g/mol. The van der Waals surface area contributed by atoms with Gasteiger partial charge < -0.3 is 9.13 Å². The van der Waals surface area contributed by atoms with E-state index in [-0.39, 0.29) is 0 Å². The predicted octanol–water partition coefficient (Wildman–Crippen LogP) is 20.1. The highest BCUT2D eigenvalue weighted by Crippen LogP contribution is 2.50. The van der Waals surface area contributed by atoms with E-state index in [0.717, 1.165) is 72.5 Å². The van der Waals surface area contributed by atoms with Crippen LogP contribution in [0.15, 0.2) is 285 Å². The summed E-state index contributed by atoms with van der Waals surface area (Å²) in [4.78, 5) is 15.8. The summed E-state index contributed by atoms with van der Waals surface area (Å²) in [5, 5.41) is 7.50. The zero-order chi connectivity index (χ0) is 53.4. The number of rotatable bonds is 9. The third kappa shape index (κ3) is 7.79. The van der Waals surface area contributed by atoms with Gasteiger partial charge in [-0.15, -0.1) is 11.3 Å². The molecule has 0 aliphatic rings. The van der Waals surface area contributed by atoms with E-state index in [1.165, 1.54) is 63.9 Å². The minimum absolute atomic E-state index is 0.590. The summed E-state index contributed by atoms with van der Waals surface area (Å²) in [6.45, 7) is 0. The summed E-state index contributed by atoms with van der Waals surface area (Å²) in [6.07, 6.45) is 0. The van der Waals surface area contributed by atoms with Gasteiger partial charge in [0, 0.05) is 75.2 Å². The minimum Gasteiger partial charge on any atom is -0.309 e. The average Bonchev–Trinajstić information content (AvgIpc) is 3.78. The monoisotopic (exact) mass is 1050 g/mol. The Labute approximate surface area is 471 Å². The first-order valence-corrected chi connectivity index (χ1v) is 28.2. The maximum absolute atomic E-state index is 5.35. The number of nitrogens with zero attached hydrogens (tertiary/aromatic N) is 5. The zero-order valence-corrected chi connectivity index (χ0v) is 44.6. The first kappa shape index (κ1) is 46.6. The molecule has 0 atom stereocenters. The van der Waals surface area contributed by atoms with Crippen LogP contribution in [0.5, 0.6) is 0 Å². The molecule has 0 N–H and O–H groups in total. The molecule has 0 amide bonds. The Morgan fingerprint density at radius 2 is 0.593 bits per heavy atom. The Kier molecular flexibility index (Phi) is 11.0. The smallest absolute Gasteiger partial charge is 0.164 e. The van der Waals surface area contributed by atoms with Crippen molar-refractivity contribution in [2.75, 3.05) is 0 Å². The number of hydrogen-bond donors (Lipinski definition) is 0. The Balaban J connectivity index is 1.01. The standard InChI is InChI=1S/C75H47N5S/c1-6-20-48(21-7-1)50-34-38-52(39-35-50)62-46-56(75-77-73(54-24-10-3-11-25-54)76-74(78-75)55-26-12-4-13-27-55)47-63(53-40-36-51(37-41-53)49-22-8-2-9-23-49)70(62)80-65-33-19-17-31-61(65)69-67(80)45-43-59-58-42-44-66-68(71(58)81-72(59)69)60-30-16-18-32-64(60)79(66)57-28-14-5-15-29-57/h1-47H. The molecule has 0 saturated heterocycles. The summed E-state index contributed by atoms with van der Waals surface area (Å²) < 4.78 is 7.52. The number of hydrogen-bond acceptors (Lipinski definition) is 4. The van der Waals surface area contributed by atoms with Crippen LogP contribution >= 0.6 is 11.3 Å². The zero-order valence-electron chi connectivity index (χ0n) is 43.8. The molecule has 16 aromatic rings. The van der Waals surface area contributed by atoms with E-state index in [1.807, 2.05) is 47.7 Å². The molecule has 0 saturated carbocycles. The van der Waals surface area contributed by atoms with E-state index in [0.29, 0.717) is 17.5 Å². The van der Waals surface area contributed by atoms with Crippen molar-refractivity contribution in [3.63, 3.8) is 0 Å². The topological polar surface area (TPSA) is 48.5 Å². The molecule has 4 heterocycles. The van der Waals surface area contributed by atoms with Gasteiger partial charge in [-0.2, -0.15) is 0 Å². The van der Waals surface area contributed by atoms with Crippen molar-refractivity contribution in [2.24, 2.45) is 0 Å². The van der Waals surface area contributed by atoms with Crippen LogP contribution < -0.4 is 0 Å². The van der Waals surface area contributed by atoms with E-state index in [9.17, 15) is 0 Å². The lowest BCUT2D eigenvalue weighted by Crippen LogP contribution is -2.04. The van der Waals surface area contributed by atoms with E-state index in [1.54, 1.807) is 0 Å². The number of thiophene rings is 1. The van der Waals surface area contributed by atoms with Gasteiger partial charge in [-0.3, -0.25) is 0 Å². The number of para-hydroxylation sites is 3. The van der Waals surface area contributed by atoms with Gasteiger partial charge in [-0.05, 0) is 81.9 Å². The predicted molar refractivity (Wildman–Crippen MR) is 339 cm³/mol. The third-order valence-electron chi connectivity index (χ3n) is 16.0. The van der Waals surface area contributed by atoms with Crippen molar-refractivity contribution >= 4 is 75.1 Å². The Morgan fingerprint density at radius 3 is 1.05 bits per heavy atom. The second kappa shape index (κ2) is 19.1. The number of aromatic nitrogens is 5. The van der Waals surface area contributed by atoms with Crippen molar-refractivity contribution in [2.45, 2.75) is 0 Å². The molecule has 0 unspecified atom stereocenters. The molecule has 16 rings (SSSR count). The van der Waals surface area contributed by atoms with E-state index in [4.69, 9.17) is 15.0 Å². The summed E-state index contributed by atoms with van der Waals surface area (Å²) in [5.74, 6) is 1.82. The molecular formula is C75H47N5S. The molecule has 6 heteroatoms. The molecule has 0 spiro atoms. The molecule has 0 radical (unpaired) electrons. The van der Waals surface area contributed by atoms with Gasteiger partial charge in [0.1, 0.15) is 0 Å². The lowest BCUT2D eigenvalue weighted by atomic mass is 9.91. The van der Waals surface area contributed by atoms with E-state index < -0.39 is 0 Å². The van der Waals surface area contributed by atoms with E-state index in [2.05, 4.69) is 258 Å². The van der Waals surface area contributed by atoms with Crippen LogP contribution in [0, 0.1) is 0 Å². The lowest BCUT2D eigenvalue weighted by Gasteiger charge is -2.21. The molecule has 81 heavy (non-hydrogen) atoms. The first-order valence-electron chi connectivity index (χ1n) is 27.4. The summed E-state index contributed by atoms with van der Waals surface area (Å²) in [7, 11) is 0. The molecule has 0 bridgehead atoms. The van der Waals surface area contributed by atoms with Crippen LogP contribution in [0.3, 0.4) is 0 Å². The Hall–Kier alpha value is -10.5. The van der Waals surface area contributed by atoms with Crippen LogP contribution in [0.4, 0.5) is 0 Å². The van der Waals surface area contributed by atoms with Crippen molar-refractivity contribution in [3.05, 3.63) is 285 Å². The van der Waals surface area contributed by atoms with Crippen molar-refractivity contribution in [1.29, 1.82) is 0 Å². The number of benzene rings is 12. The minimum atomic E-state index is 0.590. The van der Waals surface area contributed by atoms with Crippen molar-refractivity contribution in [1.82, 2.24) is 24.1 Å². The van der Waals surface area contributed by atoms with Crippen LogP contribution in [0.25, 0.3) is 154 Å². The second-order valence-electron chi connectivity index (χ2n) is 20.7. The lowest BCUT2D eigenvalue weighted by molar-refractivity contribution is 1.07. The molecule has 12 aromatic carbocycles. The molecule has 5 nitrogen and oxygen atoms in total. The highest BCUT2D eigenvalue weighted by atomic mass is 32.1. The van der Waals surface area contributed by atoms with Gasteiger partial charge in [0.05, 0.1) is 27.8 Å². The van der Waals surface area contributed by atoms with Crippen molar-refractivity contribution < 1.29 is 0 Å². The fraction of sp³-hybridized carbons (Fsp3) is 0. The largest absolute Gasteiger partial charge is 0.309 e. The summed E-state index contributed by atoms with van der Waals surface area (Å²) in [5.41, 5.74) is 18.5. The summed E-state index contributed by atoms with van der Waals surface area (Å²) in [6, 6.07) is 102. The SMILES string of the molecule is c1ccc(-c2ccc(-c3cc(-c4nc(-c5ccccc5)nc(-c5ccccc5)n4)cc(-c4ccc(-c5ccccc5)cc4)c3-n3c4ccccc4c4c5sc6c(ccc7c6c6ccccc6n7-c6ccccc6)c5ccc43)cc2)cc1. The van der Waals surface area contributed by atoms with E-state index >= 15 is 0 Å². The van der Waals surface area contributed by atoms with Gasteiger partial charge in [0.2, 0.25) is 0 Å². The van der Waals surface area contributed by atoms with Crippen LogP contribution in [0.1, 0.15) is 0 Å².